The summed E-state index contributed by atoms with van der Waals surface area (Å²) >= 11 is 0. The summed E-state index contributed by atoms with van der Waals surface area (Å²) in [6, 6.07) is 5.19. The van der Waals surface area contributed by atoms with E-state index in [-0.39, 0.29) is 5.82 Å². The first-order chi connectivity index (χ1) is 9.77. The molecule has 0 atom stereocenters. The van der Waals surface area contributed by atoms with E-state index in [9.17, 15) is 4.39 Å². The third-order valence-electron chi connectivity index (χ3n) is 2.84. The Bertz CT molecular complexity index is 371. The molecule has 1 rings (SSSR count). The van der Waals surface area contributed by atoms with Gasteiger partial charge in [-0.2, -0.15) is 0 Å². The van der Waals surface area contributed by atoms with Gasteiger partial charge in [0.05, 0.1) is 19.8 Å². The summed E-state index contributed by atoms with van der Waals surface area (Å²) in [7, 11) is 0. The molecule has 1 aromatic carbocycles. The van der Waals surface area contributed by atoms with Gasteiger partial charge in [-0.3, -0.25) is 0 Å². The Morgan fingerprint density at radius 3 is 2.60 bits per heavy atom. The van der Waals surface area contributed by atoms with Gasteiger partial charge in [-0.25, -0.2) is 4.39 Å². The molecule has 0 spiro atoms. The van der Waals surface area contributed by atoms with Crippen molar-refractivity contribution in [3.05, 3.63) is 35.1 Å². The molecule has 1 N–H and O–H groups in total. The third kappa shape index (κ3) is 6.98. The minimum Gasteiger partial charge on any atom is -0.379 e. The third-order valence-corrected chi connectivity index (χ3v) is 2.84. The molecule has 0 aliphatic rings. The van der Waals surface area contributed by atoms with Gasteiger partial charge >= 0.3 is 0 Å². The van der Waals surface area contributed by atoms with Gasteiger partial charge in [-0.15, -0.1) is 0 Å². The lowest BCUT2D eigenvalue weighted by atomic mass is 10.1. The SMILES string of the molecule is CCCNCc1ccc(F)c(COCCOCCC)c1. The lowest BCUT2D eigenvalue weighted by molar-refractivity contribution is 0.0399. The van der Waals surface area contributed by atoms with Crippen LogP contribution >= 0.6 is 0 Å². The number of hydrogen-bond donors (Lipinski definition) is 1. The second-order valence-corrected chi connectivity index (χ2v) is 4.77. The van der Waals surface area contributed by atoms with Crippen molar-refractivity contribution in [2.24, 2.45) is 0 Å². The van der Waals surface area contributed by atoms with Gasteiger partial charge in [0.2, 0.25) is 0 Å². The Labute approximate surface area is 121 Å². The van der Waals surface area contributed by atoms with Crippen molar-refractivity contribution in [3.63, 3.8) is 0 Å². The van der Waals surface area contributed by atoms with Gasteiger partial charge in [-0.1, -0.05) is 19.9 Å². The molecule has 0 unspecified atom stereocenters. The maximum atomic E-state index is 13.7. The van der Waals surface area contributed by atoms with Crippen molar-refractivity contribution in [2.75, 3.05) is 26.4 Å². The van der Waals surface area contributed by atoms with Gasteiger partial charge in [0.25, 0.3) is 0 Å². The van der Waals surface area contributed by atoms with Gasteiger partial charge in [0.15, 0.2) is 0 Å². The van der Waals surface area contributed by atoms with Crippen LogP contribution in [0.5, 0.6) is 0 Å². The molecule has 3 nitrogen and oxygen atoms in total. The van der Waals surface area contributed by atoms with E-state index in [0.29, 0.717) is 25.4 Å². The molecule has 114 valence electrons. The summed E-state index contributed by atoms with van der Waals surface area (Å²) in [5.74, 6) is -0.210. The second kappa shape index (κ2) is 10.8. The minimum absolute atomic E-state index is 0.210. The summed E-state index contributed by atoms with van der Waals surface area (Å²) in [5.41, 5.74) is 1.69. The summed E-state index contributed by atoms with van der Waals surface area (Å²) < 4.78 is 24.4. The highest BCUT2D eigenvalue weighted by Crippen LogP contribution is 2.12. The molecule has 20 heavy (non-hydrogen) atoms. The van der Waals surface area contributed by atoms with Gasteiger partial charge in [0, 0.05) is 18.7 Å². The molecule has 0 aliphatic carbocycles. The number of benzene rings is 1. The van der Waals surface area contributed by atoms with Crippen LogP contribution in [0.2, 0.25) is 0 Å². The van der Waals surface area contributed by atoms with Crippen LogP contribution in [0.4, 0.5) is 4.39 Å². The van der Waals surface area contributed by atoms with E-state index >= 15 is 0 Å². The summed E-state index contributed by atoms with van der Waals surface area (Å²) in [6.07, 6.45) is 2.09. The van der Waals surface area contributed by atoms with Crippen LogP contribution in [0.15, 0.2) is 18.2 Å². The van der Waals surface area contributed by atoms with E-state index in [0.717, 1.165) is 38.1 Å². The van der Waals surface area contributed by atoms with Crippen molar-refractivity contribution in [2.45, 2.75) is 39.8 Å². The minimum atomic E-state index is -0.210. The van der Waals surface area contributed by atoms with Crippen molar-refractivity contribution in [1.29, 1.82) is 0 Å². The standard InChI is InChI=1S/C16H26FNO2/c1-3-7-18-12-14-5-6-16(17)15(11-14)13-20-10-9-19-8-4-2/h5-6,11,18H,3-4,7-10,12-13H2,1-2H3. The first-order valence-electron chi connectivity index (χ1n) is 7.41. The van der Waals surface area contributed by atoms with Crippen LogP contribution in [0.25, 0.3) is 0 Å². The van der Waals surface area contributed by atoms with Crippen LogP contribution in [0.3, 0.4) is 0 Å². The molecule has 0 fully saturated rings. The zero-order valence-electron chi connectivity index (χ0n) is 12.6. The molecular formula is C16H26FNO2. The fourth-order valence-corrected chi connectivity index (χ4v) is 1.80. The molecule has 1 aromatic rings. The first kappa shape index (κ1) is 17.1. The van der Waals surface area contributed by atoms with Crippen LogP contribution in [-0.4, -0.2) is 26.4 Å². The number of halogens is 1. The van der Waals surface area contributed by atoms with E-state index in [4.69, 9.17) is 9.47 Å². The topological polar surface area (TPSA) is 30.5 Å². The second-order valence-electron chi connectivity index (χ2n) is 4.77. The Morgan fingerprint density at radius 2 is 1.85 bits per heavy atom. The lowest BCUT2D eigenvalue weighted by Gasteiger charge is -2.09. The van der Waals surface area contributed by atoms with Crippen LogP contribution in [0.1, 0.15) is 37.8 Å². The Morgan fingerprint density at radius 1 is 1.05 bits per heavy atom. The fraction of sp³-hybridized carbons (Fsp3) is 0.625. The number of rotatable bonds is 11. The average molecular weight is 283 g/mol. The van der Waals surface area contributed by atoms with Gasteiger partial charge in [-0.05, 0) is 37.1 Å². The first-order valence-corrected chi connectivity index (χ1v) is 7.41. The Kier molecular flexibility index (Phi) is 9.20. The van der Waals surface area contributed by atoms with E-state index in [1.165, 1.54) is 6.07 Å². The number of nitrogens with one attached hydrogen (secondary N) is 1. The largest absolute Gasteiger partial charge is 0.379 e. The molecule has 0 bridgehead atoms. The molecule has 4 heteroatoms. The molecule has 0 heterocycles. The summed E-state index contributed by atoms with van der Waals surface area (Å²) in [5, 5.41) is 3.31. The van der Waals surface area contributed by atoms with Crippen LogP contribution in [0, 0.1) is 5.82 Å². The van der Waals surface area contributed by atoms with Crippen molar-refractivity contribution in [1.82, 2.24) is 5.32 Å². The molecule has 0 amide bonds. The molecule has 0 aromatic heterocycles. The van der Waals surface area contributed by atoms with Crippen molar-refractivity contribution in [3.8, 4) is 0 Å². The highest BCUT2D eigenvalue weighted by atomic mass is 19.1. The highest BCUT2D eigenvalue weighted by Gasteiger charge is 2.04. The quantitative estimate of drug-likeness (QED) is 0.632. The summed E-state index contributed by atoms with van der Waals surface area (Å²) in [6.45, 7) is 8.02. The van der Waals surface area contributed by atoms with E-state index < -0.39 is 0 Å². The maximum absolute atomic E-state index is 13.7. The van der Waals surface area contributed by atoms with Crippen LogP contribution < -0.4 is 5.32 Å². The lowest BCUT2D eigenvalue weighted by Crippen LogP contribution is -2.14. The Balaban J connectivity index is 2.34. The zero-order valence-corrected chi connectivity index (χ0v) is 12.6. The molecular weight excluding hydrogens is 257 g/mol. The summed E-state index contributed by atoms with van der Waals surface area (Å²) in [4.78, 5) is 0. The Hall–Kier alpha value is -0.970. The maximum Gasteiger partial charge on any atom is 0.128 e. The smallest absolute Gasteiger partial charge is 0.128 e. The van der Waals surface area contributed by atoms with Gasteiger partial charge < -0.3 is 14.8 Å². The zero-order chi connectivity index (χ0) is 14.6. The van der Waals surface area contributed by atoms with Crippen molar-refractivity contribution < 1.29 is 13.9 Å². The molecule has 0 saturated heterocycles. The molecule has 0 radical (unpaired) electrons. The van der Waals surface area contributed by atoms with Crippen LogP contribution in [-0.2, 0) is 22.6 Å². The predicted octanol–water partition coefficient (Wildman–Crippen LogP) is 3.27. The molecule has 0 saturated carbocycles. The highest BCUT2D eigenvalue weighted by molar-refractivity contribution is 5.24. The monoisotopic (exact) mass is 283 g/mol. The van der Waals surface area contributed by atoms with Crippen molar-refractivity contribution >= 4 is 0 Å². The molecule has 0 aliphatic heterocycles. The normalized spacial score (nSPS) is 10.9. The number of ether oxygens (including phenoxy) is 2. The van der Waals surface area contributed by atoms with E-state index in [1.807, 2.05) is 12.1 Å². The fourth-order valence-electron chi connectivity index (χ4n) is 1.80. The van der Waals surface area contributed by atoms with Gasteiger partial charge in [0.1, 0.15) is 5.82 Å². The van der Waals surface area contributed by atoms with E-state index in [2.05, 4.69) is 19.2 Å². The predicted molar refractivity (Wildman–Crippen MR) is 79.2 cm³/mol. The number of hydrogen-bond acceptors (Lipinski definition) is 3. The van der Waals surface area contributed by atoms with E-state index in [1.54, 1.807) is 0 Å². The average Bonchev–Trinajstić information content (AvgIpc) is 2.46.